The minimum Gasteiger partial charge on any atom is -0.386 e. The molecule has 0 bridgehead atoms. The maximum Gasteiger partial charge on any atom is 0.187 e. The third-order valence-electron chi connectivity index (χ3n) is 3.18. The predicted octanol–water partition coefficient (Wildman–Crippen LogP) is 2.68. The second kappa shape index (κ2) is 4.67. The van der Waals surface area contributed by atoms with Crippen molar-refractivity contribution in [3.8, 4) is 5.69 Å². The maximum absolute atomic E-state index is 12.0. The second-order valence-corrected chi connectivity index (χ2v) is 5.46. The lowest BCUT2D eigenvalue weighted by atomic mass is 9.99. The van der Waals surface area contributed by atoms with E-state index in [4.69, 9.17) is 0 Å². The highest BCUT2D eigenvalue weighted by Crippen LogP contribution is 2.19. The summed E-state index contributed by atoms with van der Waals surface area (Å²) in [6.07, 6.45) is 1.73. The van der Waals surface area contributed by atoms with E-state index in [9.17, 15) is 9.90 Å². The molecule has 1 aromatic heterocycles. The van der Waals surface area contributed by atoms with Gasteiger partial charge in [0.1, 0.15) is 0 Å². The lowest BCUT2D eigenvalue weighted by Gasteiger charge is -2.20. The molecule has 0 amide bonds. The first-order valence-corrected chi connectivity index (χ1v) is 6.32. The Kier molecular flexibility index (Phi) is 3.33. The molecule has 1 heterocycles. The zero-order chi connectivity index (χ0) is 14.2. The molecule has 100 valence electrons. The van der Waals surface area contributed by atoms with Gasteiger partial charge in [-0.05, 0) is 45.4 Å². The smallest absolute Gasteiger partial charge is 0.187 e. The van der Waals surface area contributed by atoms with Gasteiger partial charge in [0.05, 0.1) is 5.60 Å². The van der Waals surface area contributed by atoms with Crippen molar-refractivity contribution < 1.29 is 5.11 Å². The van der Waals surface area contributed by atoms with Crippen LogP contribution in [-0.2, 0) is 5.60 Å². The molecule has 3 nitrogen and oxygen atoms in total. The van der Waals surface area contributed by atoms with Gasteiger partial charge in [-0.1, -0.05) is 12.1 Å². The quantitative estimate of drug-likeness (QED) is 0.898. The van der Waals surface area contributed by atoms with Crippen molar-refractivity contribution in [2.24, 2.45) is 0 Å². The average Bonchev–Trinajstić information content (AvgIpc) is 2.27. The van der Waals surface area contributed by atoms with Crippen LogP contribution in [-0.4, -0.2) is 9.67 Å². The number of nitrogens with zero attached hydrogens (tertiary/aromatic N) is 1. The summed E-state index contributed by atoms with van der Waals surface area (Å²) in [4.78, 5) is 12.0. The topological polar surface area (TPSA) is 42.2 Å². The fourth-order valence-electron chi connectivity index (χ4n) is 2.15. The van der Waals surface area contributed by atoms with E-state index in [-0.39, 0.29) is 5.43 Å². The molecular weight excluding hydrogens is 238 g/mol. The van der Waals surface area contributed by atoms with Crippen LogP contribution in [0.15, 0.2) is 41.3 Å². The Bertz CT molecular complexity index is 663. The van der Waals surface area contributed by atoms with Gasteiger partial charge >= 0.3 is 0 Å². The molecule has 0 aliphatic heterocycles. The fraction of sp³-hybridized carbons (Fsp3) is 0.312. The van der Waals surface area contributed by atoms with Crippen LogP contribution < -0.4 is 5.43 Å². The minimum atomic E-state index is -1.14. The second-order valence-electron chi connectivity index (χ2n) is 5.46. The molecule has 1 aromatic carbocycles. The summed E-state index contributed by atoms with van der Waals surface area (Å²) >= 11 is 0. The van der Waals surface area contributed by atoms with Gasteiger partial charge in [0, 0.05) is 29.2 Å². The molecule has 2 rings (SSSR count). The highest BCUT2D eigenvalue weighted by Gasteiger charge is 2.20. The van der Waals surface area contributed by atoms with Crippen molar-refractivity contribution in [3.63, 3.8) is 0 Å². The number of hydrogen-bond donors (Lipinski definition) is 1. The SMILES string of the molecule is Cc1cccc(-n2cc(C(C)(C)O)c(=O)cc2C)c1. The van der Waals surface area contributed by atoms with Crippen molar-refractivity contribution >= 4 is 0 Å². The number of pyridine rings is 1. The molecule has 0 spiro atoms. The number of rotatable bonds is 2. The van der Waals surface area contributed by atoms with Crippen molar-refractivity contribution in [3.05, 3.63) is 63.6 Å². The van der Waals surface area contributed by atoms with Gasteiger partial charge in [-0.15, -0.1) is 0 Å². The lowest BCUT2D eigenvalue weighted by Crippen LogP contribution is -2.27. The maximum atomic E-state index is 12.0. The zero-order valence-electron chi connectivity index (χ0n) is 11.8. The molecule has 0 unspecified atom stereocenters. The number of hydrogen-bond acceptors (Lipinski definition) is 2. The molecule has 0 saturated carbocycles. The van der Waals surface area contributed by atoms with Crippen LogP contribution in [0.4, 0.5) is 0 Å². The Morgan fingerprint density at radius 2 is 1.84 bits per heavy atom. The molecule has 0 saturated heterocycles. The first-order chi connectivity index (χ1) is 8.79. The Morgan fingerprint density at radius 1 is 1.16 bits per heavy atom. The van der Waals surface area contributed by atoms with Gasteiger partial charge < -0.3 is 9.67 Å². The van der Waals surface area contributed by atoms with E-state index in [1.54, 1.807) is 26.1 Å². The monoisotopic (exact) mass is 257 g/mol. The molecule has 19 heavy (non-hydrogen) atoms. The summed E-state index contributed by atoms with van der Waals surface area (Å²) in [7, 11) is 0. The summed E-state index contributed by atoms with van der Waals surface area (Å²) in [6, 6.07) is 9.60. The summed E-state index contributed by atoms with van der Waals surface area (Å²) in [5, 5.41) is 10.1. The van der Waals surface area contributed by atoms with Crippen LogP contribution in [0.25, 0.3) is 5.69 Å². The van der Waals surface area contributed by atoms with Gasteiger partial charge in [0.15, 0.2) is 5.43 Å². The Balaban J connectivity index is 2.68. The highest BCUT2D eigenvalue weighted by molar-refractivity contribution is 5.39. The Labute approximate surface area is 113 Å². The average molecular weight is 257 g/mol. The van der Waals surface area contributed by atoms with E-state index in [2.05, 4.69) is 0 Å². The fourth-order valence-corrected chi connectivity index (χ4v) is 2.15. The first-order valence-electron chi connectivity index (χ1n) is 6.32. The largest absolute Gasteiger partial charge is 0.386 e. The molecule has 0 radical (unpaired) electrons. The van der Waals surface area contributed by atoms with Crippen LogP contribution >= 0.6 is 0 Å². The standard InChI is InChI=1S/C16H19NO2/c1-11-6-5-7-13(8-11)17-10-14(16(3,4)19)15(18)9-12(17)2/h5-10,19H,1-4H3. The summed E-state index contributed by atoms with van der Waals surface area (Å²) in [5.41, 5.74) is 2.12. The third-order valence-corrected chi connectivity index (χ3v) is 3.18. The minimum absolute atomic E-state index is 0.131. The summed E-state index contributed by atoms with van der Waals surface area (Å²) in [6.45, 7) is 7.16. The first kappa shape index (κ1) is 13.6. The molecule has 1 N–H and O–H groups in total. The molecule has 3 heteroatoms. The van der Waals surface area contributed by atoms with Gasteiger partial charge in [-0.3, -0.25) is 4.79 Å². The van der Waals surface area contributed by atoms with E-state index in [0.29, 0.717) is 5.56 Å². The van der Waals surface area contributed by atoms with Crippen LogP contribution in [0.3, 0.4) is 0 Å². The van der Waals surface area contributed by atoms with Crippen molar-refractivity contribution in [2.75, 3.05) is 0 Å². The molecule has 0 atom stereocenters. The van der Waals surface area contributed by atoms with Crippen molar-refractivity contribution in [1.82, 2.24) is 4.57 Å². The molecule has 2 aromatic rings. The molecule has 0 aliphatic rings. The van der Waals surface area contributed by atoms with E-state index >= 15 is 0 Å². The van der Waals surface area contributed by atoms with E-state index in [0.717, 1.165) is 16.9 Å². The number of aromatic nitrogens is 1. The van der Waals surface area contributed by atoms with Crippen LogP contribution in [0.5, 0.6) is 0 Å². The number of benzene rings is 1. The Morgan fingerprint density at radius 3 is 2.42 bits per heavy atom. The molecule has 0 fully saturated rings. The van der Waals surface area contributed by atoms with Crippen LogP contribution in [0.2, 0.25) is 0 Å². The number of aryl methyl sites for hydroxylation is 2. The van der Waals surface area contributed by atoms with Crippen LogP contribution in [0.1, 0.15) is 30.7 Å². The van der Waals surface area contributed by atoms with Crippen molar-refractivity contribution in [2.45, 2.75) is 33.3 Å². The van der Waals surface area contributed by atoms with E-state index in [1.165, 1.54) is 0 Å². The van der Waals surface area contributed by atoms with Crippen LogP contribution in [0, 0.1) is 13.8 Å². The normalized spacial score (nSPS) is 11.6. The summed E-state index contributed by atoms with van der Waals surface area (Å²) < 4.78 is 1.93. The third kappa shape index (κ3) is 2.76. The van der Waals surface area contributed by atoms with Gasteiger partial charge in [0.2, 0.25) is 0 Å². The zero-order valence-corrected chi connectivity index (χ0v) is 11.8. The number of aliphatic hydroxyl groups is 1. The molecular formula is C16H19NO2. The van der Waals surface area contributed by atoms with Gasteiger partial charge in [0.25, 0.3) is 0 Å². The molecule has 0 aliphatic carbocycles. The Hall–Kier alpha value is -1.87. The summed E-state index contributed by atoms with van der Waals surface area (Å²) in [5.74, 6) is 0. The van der Waals surface area contributed by atoms with Gasteiger partial charge in [-0.2, -0.15) is 0 Å². The lowest BCUT2D eigenvalue weighted by molar-refractivity contribution is 0.0769. The predicted molar refractivity (Wildman–Crippen MR) is 76.8 cm³/mol. The van der Waals surface area contributed by atoms with E-state index < -0.39 is 5.60 Å². The van der Waals surface area contributed by atoms with Crippen molar-refractivity contribution in [1.29, 1.82) is 0 Å². The highest BCUT2D eigenvalue weighted by atomic mass is 16.3. The van der Waals surface area contributed by atoms with E-state index in [1.807, 2.05) is 42.7 Å². The van der Waals surface area contributed by atoms with Gasteiger partial charge in [-0.25, -0.2) is 0 Å².